The molecular formula is C23H28N5O11P3. The number of aliphatic hydroxyl groups is 1. The van der Waals surface area contributed by atoms with Gasteiger partial charge in [0, 0.05) is 0 Å². The minimum atomic E-state index is -4.95. The molecule has 2 aromatic carbocycles. The van der Waals surface area contributed by atoms with Crippen molar-refractivity contribution in [2.24, 2.45) is 0 Å². The van der Waals surface area contributed by atoms with E-state index in [9.17, 15) is 28.6 Å². The summed E-state index contributed by atoms with van der Waals surface area (Å²) in [5.41, 5.74) is 7.27. The first-order chi connectivity index (χ1) is 19.7. The molecule has 1 saturated heterocycles. The molecule has 2 unspecified atom stereocenters. The lowest BCUT2D eigenvalue weighted by Gasteiger charge is -2.22. The highest BCUT2D eigenvalue weighted by molar-refractivity contribution is 7.79. The quantitative estimate of drug-likeness (QED) is 0.128. The molecule has 226 valence electrons. The SMILES string of the molecule is Nc1ncnc2c1ncn2[C@@H]1O[C@H](COP(=O)(O)CP(=O)(O)CP(=O)(O)O)[C@@H](O)[C@H]1OCc1cccc2ccccc12. The molecule has 0 spiro atoms. The van der Waals surface area contributed by atoms with Crippen LogP contribution in [0.1, 0.15) is 11.8 Å². The van der Waals surface area contributed by atoms with Crippen LogP contribution in [0.3, 0.4) is 0 Å². The molecule has 0 amide bonds. The fourth-order valence-corrected chi connectivity index (χ4v) is 11.2. The summed E-state index contributed by atoms with van der Waals surface area (Å²) in [7, 11) is -14.6. The molecule has 1 fully saturated rings. The Bertz CT molecular complexity index is 1740. The lowest BCUT2D eigenvalue weighted by molar-refractivity contribution is -0.0753. The first-order valence-electron chi connectivity index (χ1n) is 12.4. The van der Waals surface area contributed by atoms with Gasteiger partial charge in [-0.05, 0) is 16.3 Å². The Labute approximate surface area is 238 Å². The molecule has 42 heavy (non-hydrogen) atoms. The summed E-state index contributed by atoms with van der Waals surface area (Å²) in [4.78, 5) is 50.3. The van der Waals surface area contributed by atoms with E-state index in [1.54, 1.807) is 0 Å². The van der Waals surface area contributed by atoms with Crippen molar-refractivity contribution in [3.05, 3.63) is 60.7 Å². The van der Waals surface area contributed by atoms with Crippen molar-refractivity contribution in [3.63, 3.8) is 0 Å². The molecule has 0 radical (unpaired) electrons. The number of aliphatic hydroxyl groups excluding tert-OH is 1. The molecule has 5 rings (SSSR count). The van der Waals surface area contributed by atoms with Crippen LogP contribution in [0.15, 0.2) is 55.1 Å². The van der Waals surface area contributed by atoms with E-state index in [1.165, 1.54) is 17.2 Å². The average Bonchev–Trinajstić information content (AvgIpc) is 3.45. The normalized spacial score (nSPS) is 24.1. The summed E-state index contributed by atoms with van der Waals surface area (Å²) in [6, 6.07) is 13.3. The molecule has 6 atom stereocenters. The third-order valence-corrected chi connectivity index (χ3v) is 13.5. The van der Waals surface area contributed by atoms with Gasteiger partial charge in [-0.1, -0.05) is 42.5 Å². The van der Waals surface area contributed by atoms with Gasteiger partial charge in [-0.15, -0.1) is 0 Å². The maximum absolute atomic E-state index is 12.6. The number of imidazole rings is 1. The molecule has 16 nitrogen and oxygen atoms in total. The molecular weight excluding hydrogens is 615 g/mol. The van der Waals surface area contributed by atoms with Crippen LogP contribution in [0.4, 0.5) is 5.82 Å². The minimum absolute atomic E-state index is 0.0504. The topological polar surface area (TPSA) is 250 Å². The molecule has 3 heterocycles. The Kier molecular flexibility index (Phi) is 8.70. The molecule has 2 aromatic heterocycles. The number of fused-ring (bicyclic) bond motifs is 2. The summed E-state index contributed by atoms with van der Waals surface area (Å²) in [5, 5.41) is 13.1. The molecule has 1 aliphatic heterocycles. The zero-order chi connectivity index (χ0) is 30.3. The fourth-order valence-electron chi connectivity index (χ4n) is 4.76. The number of nitrogens with zero attached hydrogens (tertiary/aromatic N) is 4. The lowest BCUT2D eigenvalue weighted by atomic mass is 10.1. The van der Waals surface area contributed by atoms with Crippen molar-refractivity contribution < 1.29 is 52.4 Å². The zero-order valence-electron chi connectivity index (χ0n) is 21.7. The Balaban J connectivity index is 1.38. The molecule has 0 bridgehead atoms. The Morgan fingerprint density at radius 1 is 0.976 bits per heavy atom. The molecule has 7 N–H and O–H groups in total. The van der Waals surface area contributed by atoms with Gasteiger partial charge < -0.3 is 44.4 Å². The predicted molar refractivity (Wildman–Crippen MR) is 150 cm³/mol. The van der Waals surface area contributed by atoms with E-state index in [1.807, 2.05) is 42.5 Å². The minimum Gasteiger partial charge on any atom is -0.387 e. The van der Waals surface area contributed by atoms with E-state index >= 15 is 0 Å². The Morgan fingerprint density at radius 2 is 1.71 bits per heavy atom. The fraction of sp³-hybridized carbons (Fsp3) is 0.348. The van der Waals surface area contributed by atoms with Crippen LogP contribution in [0, 0.1) is 0 Å². The highest BCUT2D eigenvalue weighted by atomic mass is 31.3. The number of aromatic nitrogens is 4. The van der Waals surface area contributed by atoms with Crippen LogP contribution < -0.4 is 5.73 Å². The molecule has 0 saturated carbocycles. The van der Waals surface area contributed by atoms with Crippen LogP contribution in [0.5, 0.6) is 0 Å². The van der Waals surface area contributed by atoms with Gasteiger partial charge in [0.05, 0.1) is 19.5 Å². The van der Waals surface area contributed by atoms with Crippen LogP contribution >= 0.6 is 22.6 Å². The van der Waals surface area contributed by atoms with Crippen molar-refractivity contribution in [2.75, 3.05) is 24.1 Å². The summed E-state index contributed by atoms with van der Waals surface area (Å²) in [6.07, 6.45) is -2.27. The van der Waals surface area contributed by atoms with Gasteiger partial charge in [-0.2, -0.15) is 0 Å². The number of anilines is 1. The highest BCUT2D eigenvalue weighted by Crippen LogP contribution is 2.63. The average molecular weight is 643 g/mol. The highest BCUT2D eigenvalue weighted by Gasteiger charge is 2.47. The van der Waals surface area contributed by atoms with E-state index < -0.39 is 65.5 Å². The second kappa shape index (κ2) is 11.8. The summed E-state index contributed by atoms with van der Waals surface area (Å²) >= 11 is 0. The maximum Gasteiger partial charge on any atom is 0.337 e. The summed E-state index contributed by atoms with van der Waals surface area (Å²) in [5.74, 6) is -2.78. The molecule has 1 aliphatic rings. The second-order valence-electron chi connectivity index (χ2n) is 9.78. The number of ether oxygens (including phenoxy) is 2. The number of benzene rings is 2. The van der Waals surface area contributed by atoms with Crippen molar-refractivity contribution in [2.45, 2.75) is 31.1 Å². The first kappa shape index (κ1) is 30.9. The number of rotatable bonds is 11. The van der Waals surface area contributed by atoms with Crippen LogP contribution in [-0.2, 0) is 34.3 Å². The van der Waals surface area contributed by atoms with Gasteiger partial charge in [-0.25, -0.2) is 15.0 Å². The monoisotopic (exact) mass is 643 g/mol. The van der Waals surface area contributed by atoms with Crippen molar-refractivity contribution >= 4 is 50.3 Å². The second-order valence-corrected chi connectivity index (χ2v) is 16.6. The van der Waals surface area contributed by atoms with Crippen molar-refractivity contribution in [3.8, 4) is 0 Å². The van der Waals surface area contributed by atoms with E-state index in [4.69, 9.17) is 29.5 Å². The van der Waals surface area contributed by atoms with Crippen LogP contribution in [0.2, 0.25) is 0 Å². The van der Waals surface area contributed by atoms with Gasteiger partial charge in [-0.3, -0.25) is 18.3 Å². The van der Waals surface area contributed by atoms with Gasteiger partial charge >= 0.3 is 15.2 Å². The smallest absolute Gasteiger partial charge is 0.337 e. The number of nitrogen functional groups attached to an aromatic ring is 1. The lowest BCUT2D eigenvalue weighted by Crippen LogP contribution is -2.35. The predicted octanol–water partition coefficient (Wildman–Crippen LogP) is 1.97. The van der Waals surface area contributed by atoms with E-state index in [2.05, 4.69) is 15.0 Å². The molecule has 0 aliphatic carbocycles. The van der Waals surface area contributed by atoms with Crippen LogP contribution in [-0.4, -0.2) is 80.9 Å². The number of hydrogen-bond donors (Lipinski definition) is 6. The van der Waals surface area contributed by atoms with Crippen molar-refractivity contribution in [1.29, 1.82) is 0 Å². The van der Waals surface area contributed by atoms with Gasteiger partial charge in [0.15, 0.2) is 17.7 Å². The number of nitrogens with two attached hydrogens (primary N) is 1. The largest absolute Gasteiger partial charge is 0.387 e. The zero-order valence-corrected chi connectivity index (χ0v) is 24.4. The van der Waals surface area contributed by atoms with Gasteiger partial charge in [0.25, 0.3) is 0 Å². The maximum atomic E-state index is 12.6. The molecule has 4 aromatic rings. The van der Waals surface area contributed by atoms with E-state index in [0.717, 1.165) is 16.3 Å². The number of hydrogen-bond acceptors (Lipinski definition) is 11. The Morgan fingerprint density at radius 3 is 2.48 bits per heavy atom. The van der Waals surface area contributed by atoms with Gasteiger partial charge in [0.2, 0.25) is 7.37 Å². The van der Waals surface area contributed by atoms with Gasteiger partial charge in [0.1, 0.15) is 42.0 Å². The van der Waals surface area contributed by atoms with E-state index in [0.29, 0.717) is 0 Å². The van der Waals surface area contributed by atoms with E-state index in [-0.39, 0.29) is 23.6 Å². The first-order valence-corrected chi connectivity index (χ1v) is 18.0. The van der Waals surface area contributed by atoms with Crippen LogP contribution in [0.25, 0.3) is 21.9 Å². The third-order valence-electron chi connectivity index (χ3n) is 6.53. The third kappa shape index (κ3) is 6.96. The standard InChI is InChI=1S/C23H28N5O11P3/c24-21-18-22(26-10-25-21)28(11-27-18)23-20(37-8-15-6-3-5-14-4-1-2-7-16(14)15)19(29)17(39-23)9-38-42(35,36)13-40(30,31)12-41(32,33)34/h1-7,10-11,17,19-20,23,29H,8-9,12-13H2,(H,30,31)(H,35,36)(H2,24,25,26)(H2,32,33,34)/t17-,19-,20-,23-/m1/s1. The summed E-state index contributed by atoms with van der Waals surface area (Å²) in [6.45, 7) is -0.673. The Hall–Kier alpha value is -2.58. The molecule has 19 heteroatoms. The summed E-state index contributed by atoms with van der Waals surface area (Å²) < 4.78 is 54.5. The van der Waals surface area contributed by atoms with Crippen molar-refractivity contribution in [1.82, 2.24) is 19.5 Å².